The minimum absolute atomic E-state index is 0.0287. The lowest BCUT2D eigenvalue weighted by Crippen LogP contribution is -2.01. The first kappa shape index (κ1) is 13.7. The summed E-state index contributed by atoms with van der Waals surface area (Å²) in [6.45, 7) is 0. The summed E-state index contributed by atoms with van der Waals surface area (Å²) in [5, 5.41) is 28.1. The van der Waals surface area contributed by atoms with Crippen LogP contribution in [0.4, 0.5) is 0 Å². The summed E-state index contributed by atoms with van der Waals surface area (Å²) >= 11 is 0. The molecule has 0 aliphatic heterocycles. The molecule has 20 heavy (non-hydrogen) atoms. The second-order valence-electron chi connectivity index (χ2n) is 4.31. The van der Waals surface area contributed by atoms with Crippen LogP contribution < -0.4 is 0 Å². The number of phenols is 2. The molecule has 0 unspecified atom stereocenters. The molecule has 0 saturated heterocycles. The summed E-state index contributed by atoms with van der Waals surface area (Å²) in [5.41, 5.74) is 1.33. The molecule has 0 fully saturated rings. The fourth-order valence-corrected chi connectivity index (χ4v) is 1.90. The number of carboxylic acid groups (broad SMARTS) is 1. The van der Waals surface area contributed by atoms with Crippen molar-refractivity contribution < 1.29 is 20.1 Å². The Kier molecular flexibility index (Phi) is 4.05. The SMILES string of the molecule is O=C(O)c1ccc(O)cc1C/C=C/c1ccccc1O. The monoisotopic (exact) mass is 270 g/mol. The number of carbonyl (C=O) groups is 1. The van der Waals surface area contributed by atoms with E-state index in [1.165, 1.54) is 18.2 Å². The van der Waals surface area contributed by atoms with Gasteiger partial charge in [0.05, 0.1) is 5.56 Å². The van der Waals surface area contributed by atoms with Crippen LogP contribution in [-0.2, 0) is 6.42 Å². The van der Waals surface area contributed by atoms with Crippen molar-refractivity contribution in [3.63, 3.8) is 0 Å². The molecule has 102 valence electrons. The first-order valence-corrected chi connectivity index (χ1v) is 6.07. The van der Waals surface area contributed by atoms with Gasteiger partial charge in [0.25, 0.3) is 0 Å². The highest BCUT2D eigenvalue weighted by Gasteiger charge is 2.09. The molecule has 2 rings (SSSR count). The average Bonchev–Trinajstić information content (AvgIpc) is 2.41. The predicted octanol–water partition coefficient (Wildman–Crippen LogP) is 3.05. The van der Waals surface area contributed by atoms with E-state index >= 15 is 0 Å². The molecule has 0 amide bonds. The van der Waals surface area contributed by atoms with Crippen LogP contribution in [0.1, 0.15) is 21.5 Å². The van der Waals surface area contributed by atoms with Gasteiger partial charge in [-0.05, 0) is 36.2 Å². The Labute approximate surface area is 116 Å². The molecule has 0 aliphatic rings. The Morgan fingerprint density at radius 3 is 2.55 bits per heavy atom. The maximum Gasteiger partial charge on any atom is 0.335 e. The van der Waals surface area contributed by atoms with E-state index in [0.29, 0.717) is 17.5 Å². The molecule has 2 aromatic rings. The maximum atomic E-state index is 11.1. The molecule has 4 heteroatoms. The van der Waals surface area contributed by atoms with Gasteiger partial charge >= 0.3 is 5.97 Å². The molecule has 0 heterocycles. The highest BCUT2D eigenvalue weighted by molar-refractivity contribution is 5.89. The molecule has 0 spiro atoms. The van der Waals surface area contributed by atoms with Crippen LogP contribution in [0.3, 0.4) is 0 Å². The number of hydrogen-bond acceptors (Lipinski definition) is 3. The number of carboxylic acids is 1. The number of benzene rings is 2. The van der Waals surface area contributed by atoms with Gasteiger partial charge in [-0.3, -0.25) is 0 Å². The van der Waals surface area contributed by atoms with Crippen LogP contribution in [0.5, 0.6) is 11.5 Å². The molecule has 0 aromatic heterocycles. The van der Waals surface area contributed by atoms with Crippen LogP contribution >= 0.6 is 0 Å². The zero-order valence-corrected chi connectivity index (χ0v) is 10.7. The van der Waals surface area contributed by atoms with Crippen molar-refractivity contribution >= 4 is 12.0 Å². The number of para-hydroxylation sites is 1. The number of phenolic OH excluding ortho intramolecular Hbond substituents is 2. The van der Waals surface area contributed by atoms with Crippen molar-refractivity contribution in [1.29, 1.82) is 0 Å². The van der Waals surface area contributed by atoms with Crippen molar-refractivity contribution in [2.45, 2.75) is 6.42 Å². The third-order valence-corrected chi connectivity index (χ3v) is 2.89. The van der Waals surface area contributed by atoms with E-state index < -0.39 is 5.97 Å². The van der Waals surface area contributed by atoms with Crippen molar-refractivity contribution in [1.82, 2.24) is 0 Å². The van der Waals surface area contributed by atoms with Crippen molar-refractivity contribution in [2.24, 2.45) is 0 Å². The Bertz CT molecular complexity index is 659. The zero-order chi connectivity index (χ0) is 14.5. The fourth-order valence-electron chi connectivity index (χ4n) is 1.90. The minimum Gasteiger partial charge on any atom is -0.508 e. The second-order valence-corrected chi connectivity index (χ2v) is 4.31. The maximum absolute atomic E-state index is 11.1. The Morgan fingerprint density at radius 2 is 1.85 bits per heavy atom. The Balaban J connectivity index is 2.21. The van der Waals surface area contributed by atoms with E-state index in [0.717, 1.165) is 0 Å². The van der Waals surface area contributed by atoms with Crippen LogP contribution in [0, 0.1) is 0 Å². The summed E-state index contributed by atoms with van der Waals surface area (Å²) < 4.78 is 0. The fraction of sp³-hybridized carbons (Fsp3) is 0.0625. The number of rotatable bonds is 4. The zero-order valence-electron chi connectivity index (χ0n) is 10.7. The lowest BCUT2D eigenvalue weighted by molar-refractivity contribution is 0.0696. The molecule has 0 aliphatic carbocycles. The normalized spacial score (nSPS) is 10.8. The van der Waals surface area contributed by atoms with Gasteiger partial charge in [-0.25, -0.2) is 4.79 Å². The molecule has 0 radical (unpaired) electrons. The van der Waals surface area contributed by atoms with Crippen LogP contribution in [0.15, 0.2) is 48.5 Å². The highest BCUT2D eigenvalue weighted by Crippen LogP contribution is 2.20. The summed E-state index contributed by atoms with van der Waals surface area (Å²) in [4.78, 5) is 11.1. The first-order valence-electron chi connectivity index (χ1n) is 6.07. The molecular weight excluding hydrogens is 256 g/mol. The molecular formula is C16H14O4. The largest absolute Gasteiger partial charge is 0.508 e. The number of hydrogen-bond donors (Lipinski definition) is 3. The summed E-state index contributed by atoms with van der Waals surface area (Å²) in [5.74, 6) is -0.838. The van der Waals surface area contributed by atoms with Gasteiger partial charge in [-0.15, -0.1) is 0 Å². The number of aromatic carboxylic acids is 1. The van der Waals surface area contributed by atoms with Crippen molar-refractivity contribution in [2.75, 3.05) is 0 Å². The van der Waals surface area contributed by atoms with Gasteiger partial charge in [0.2, 0.25) is 0 Å². The highest BCUT2D eigenvalue weighted by atomic mass is 16.4. The Hall–Kier alpha value is -2.75. The third kappa shape index (κ3) is 3.17. The van der Waals surface area contributed by atoms with Crippen LogP contribution in [0.25, 0.3) is 6.08 Å². The first-order chi connectivity index (χ1) is 9.58. The van der Waals surface area contributed by atoms with Gasteiger partial charge in [0.15, 0.2) is 0 Å². The van der Waals surface area contributed by atoms with E-state index in [9.17, 15) is 15.0 Å². The van der Waals surface area contributed by atoms with Crippen molar-refractivity contribution in [3.8, 4) is 11.5 Å². The van der Waals surface area contributed by atoms with Gasteiger partial charge in [-0.2, -0.15) is 0 Å². The van der Waals surface area contributed by atoms with E-state index in [1.54, 1.807) is 36.4 Å². The lowest BCUT2D eigenvalue weighted by Gasteiger charge is -2.04. The average molecular weight is 270 g/mol. The second kappa shape index (κ2) is 5.93. The standard InChI is InChI=1S/C16H14O4/c17-13-8-9-14(16(19)20)12(10-13)6-3-5-11-4-1-2-7-15(11)18/h1-5,7-10,17-18H,6H2,(H,19,20)/b5-3+. The summed E-state index contributed by atoms with van der Waals surface area (Å²) in [6.07, 6.45) is 3.81. The molecule has 0 atom stereocenters. The molecule has 4 nitrogen and oxygen atoms in total. The number of allylic oxidation sites excluding steroid dienone is 1. The third-order valence-electron chi connectivity index (χ3n) is 2.89. The lowest BCUT2D eigenvalue weighted by atomic mass is 10.0. The van der Waals surface area contributed by atoms with Gasteiger partial charge in [0, 0.05) is 5.56 Å². The van der Waals surface area contributed by atoms with E-state index in [2.05, 4.69) is 0 Å². The quantitative estimate of drug-likeness (QED) is 0.798. The molecule has 0 saturated carbocycles. The number of aromatic hydroxyl groups is 2. The summed E-state index contributed by atoms with van der Waals surface area (Å²) in [7, 11) is 0. The van der Waals surface area contributed by atoms with Gasteiger partial charge in [0.1, 0.15) is 11.5 Å². The topological polar surface area (TPSA) is 77.8 Å². The molecule has 2 aromatic carbocycles. The smallest absolute Gasteiger partial charge is 0.335 e. The Morgan fingerprint density at radius 1 is 1.10 bits per heavy atom. The van der Waals surface area contributed by atoms with Gasteiger partial charge in [-0.1, -0.05) is 30.4 Å². The predicted molar refractivity (Wildman–Crippen MR) is 75.9 cm³/mol. The van der Waals surface area contributed by atoms with Crippen molar-refractivity contribution in [3.05, 3.63) is 65.2 Å². The molecule has 0 bridgehead atoms. The van der Waals surface area contributed by atoms with E-state index in [4.69, 9.17) is 5.11 Å². The van der Waals surface area contributed by atoms with E-state index in [-0.39, 0.29) is 17.1 Å². The van der Waals surface area contributed by atoms with Gasteiger partial charge < -0.3 is 15.3 Å². The van der Waals surface area contributed by atoms with Crippen LogP contribution in [-0.4, -0.2) is 21.3 Å². The van der Waals surface area contributed by atoms with Crippen LogP contribution in [0.2, 0.25) is 0 Å². The van der Waals surface area contributed by atoms with E-state index in [1.807, 2.05) is 0 Å². The molecule has 3 N–H and O–H groups in total. The minimum atomic E-state index is -1.03. The summed E-state index contributed by atoms with van der Waals surface area (Å²) in [6, 6.07) is 11.0.